The molecule has 1 nitrogen and oxygen atoms in total. The van der Waals surface area contributed by atoms with Crippen molar-refractivity contribution >= 4 is 0 Å². The highest BCUT2D eigenvalue weighted by molar-refractivity contribution is 4.93. The second kappa shape index (κ2) is 5.53. The largest absolute Gasteiger partial charge is 0.373 e. The highest BCUT2D eigenvalue weighted by atomic mass is 16.5. The average Bonchev–Trinajstić information content (AvgIpc) is 2.13. The molecular formula is C17H34O. The summed E-state index contributed by atoms with van der Waals surface area (Å²) in [6, 6.07) is 0. The molecule has 1 aliphatic carbocycles. The van der Waals surface area contributed by atoms with Gasteiger partial charge in [-0.15, -0.1) is 0 Å². The Labute approximate surface area is 115 Å². The molecule has 18 heavy (non-hydrogen) atoms. The van der Waals surface area contributed by atoms with Gasteiger partial charge in [0.15, 0.2) is 0 Å². The van der Waals surface area contributed by atoms with Crippen molar-refractivity contribution in [1.29, 1.82) is 0 Å². The average molecular weight is 254 g/mol. The van der Waals surface area contributed by atoms with Gasteiger partial charge < -0.3 is 4.74 Å². The van der Waals surface area contributed by atoms with Crippen molar-refractivity contribution in [3.05, 3.63) is 0 Å². The Morgan fingerprint density at radius 3 is 1.83 bits per heavy atom. The fraction of sp³-hybridized carbons (Fsp3) is 1.00. The van der Waals surface area contributed by atoms with Crippen LogP contribution in [0, 0.1) is 10.8 Å². The monoisotopic (exact) mass is 254 g/mol. The minimum absolute atomic E-state index is 0.0207. The third kappa shape index (κ3) is 4.26. The third-order valence-corrected chi connectivity index (χ3v) is 4.63. The zero-order chi connectivity index (χ0) is 14.0. The van der Waals surface area contributed by atoms with Gasteiger partial charge in [-0.1, -0.05) is 40.0 Å². The Morgan fingerprint density at radius 2 is 1.44 bits per heavy atom. The fourth-order valence-corrected chi connectivity index (χ4v) is 3.68. The lowest BCUT2D eigenvalue weighted by atomic mass is 9.57. The number of rotatable bonds is 3. The molecule has 1 atom stereocenters. The topological polar surface area (TPSA) is 9.23 Å². The lowest BCUT2D eigenvalue weighted by Crippen LogP contribution is -2.41. The third-order valence-electron chi connectivity index (χ3n) is 4.63. The van der Waals surface area contributed by atoms with E-state index in [2.05, 4.69) is 48.5 Å². The van der Waals surface area contributed by atoms with Crippen molar-refractivity contribution in [2.45, 2.75) is 98.7 Å². The van der Waals surface area contributed by atoms with Gasteiger partial charge in [0, 0.05) is 0 Å². The molecule has 1 aliphatic rings. The van der Waals surface area contributed by atoms with Crippen molar-refractivity contribution in [3.8, 4) is 0 Å². The van der Waals surface area contributed by atoms with Crippen LogP contribution in [0.25, 0.3) is 0 Å². The van der Waals surface area contributed by atoms with Crippen LogP contribution in [0.3, 0.4) is 0 Å². The van der Waals surface area contributed by atoms with E-state index in [0.717, 1.165) is 0 Å². The minimum Gasteiger partial charge on any atom is -0.373 e. The first-order chi connectivity index (χ1) is 8.06. The molecule has 0 amide bonds. The summed E-state index contributed by atoms with van der Waals surface area (Å²) in [5, 5.41) is 0. The molecule has 108 valence electrons. The van der Waals surface area contributed by atoms with E-state index in [1.54, 1.807) is 0 Å². The van der Waals surface area contributed by atoms with Gasteiger partial charge in [0.25, 0.3) is 0 Å². The van der Waals surface area contributed by atoms with Gasteiger partial charge in [0.05, 0.1) is 11.7 Å². The maximum Gasteiger partial charge on any atom is 0.0602 e. The molecule has 0 N–H and O–H groups in total. The quantitative estimate of drug-likeness (QED) is 0.639. The first-order valence-corrected chi connectivity index (χ1v) is 7.74. The smallest absolute Gasteiger partial charge is 0.0602 e. The van der Waals surface area contributed by atoms with Crippen LogP contribution in [0.5, 0.6) is 0 Å². The first-order valence-electron chi connectivity index (χ1n) is 7.74. The van der Waals surface area contributed by atoms with E-state index in [-0.39, 0.29) is 5.60 Å². The summed E-state index contributed by atoms with van der Waals surface area (Å²) in [4.78, 5) is 0. The summed E-state index contributed by atoms with van der Waals surface area (Å²) in [6.07, 6.45) is 8.57. The zero-order valence-electron chi connectivity index (χ0n) is 13.7. The van der Waals surface area contributed by atoms with E-state index >= 15 is 0 Å². The maximum atomic E-state index is 6.16. The zero-order valence-corrected chi connectivity index (χ0v) is 13.7. The van der Waals surface area contributed by atoms with E-state index in [9.17, 15) is 0 Å². The van der Waals surface area contributed by atoms with E-state index < -0.39 is 0 Å². The van der Waals surface area contributed by atoms with Gasteiger partial charge in [-0.2, -0.15) is 0 Å². The van der Waals surface area contributed by atoms with Crippen LogP contribution >= 0.6 is 0 Å². The summed E-state index contributed by atoms with van der Waals surface area (Å²) in [5.41, 5.74) is 0.853. The summed E-state index contributed by atoms with van der Waals surface area (Å²) in [5.74, 6) is 0. The van der Waals surface area contributed by atoms with Crippen LogP contribution in [-0.2, 0) is 4.74 Å². The fourth-order valence-electron chi connectivity index (χ4n) is 3.68. The van der Waals surface area contributed by atoms with Crippen molar-refractivity contribution in [1.82, 2.24) is 0 Å². The van der Waals surface area contributed by atoms with Gasteiger partial charge >= 0.3 is 0 Å². The number of ether oxygens (including phenoxy) is 1. The lowest BCUT2D eigenvalue weighted by molar-refractivity contribution is -0.0936. The molecule has 0 heterocycles. The van der Waals surface area contributed by atoms with Crippen LogP contribution in [-0.4, -0.2) is 11.7 Å². The molecule has 0 bridgehead atoms. The Balaban J connectivity index is 2.73. The second-order valence-electron chi connectivity index (χ2n) is 8.34. The van der Waals surface area contributed by atoms with Gasteiger partial charge in [-0.05, 0) is 57.8 Å². The predicted molar refractivity (Wildman–Crippen MR) is 79.9 cm³/mol. The molecule has 0 spiro atoms. The van der Waals surface area contributed by atoms with Crippen LogP contribution < -0.4 is 0 Å². The Kier molecular flexibility index (Phi) is 4.92. The Bertz CT molecular complexity index is 248. The molecule has 0 aromatic heterocycles. The molecule has 0 saturated heterocycles. The van der Waals surface area contributed by atoms with E-state index in [0.29, 0.717) is 16.9 Å². The van der Waals surface area contributed by atoms with Crippen LogP contribution in [0.2, 0.25) is 0 Å². The van der Waals surface area contributed by atoms with Crippen LogP contribution in [0.15, 0.2) is 0 Å². The molecule has 0 aliphatic heterocycles. The molecule has 1 unspecified atom stereocenters. The van der Waals surface area contributed by atoms with E-state index in [1.165, 1.54) is 38.5 Å². The van der Waals surface area contributed by atoms with Gasteiger partial charge in [0.1, 0.15) is 0 Å². The summed E-state index contributed by atoms with van der Waals surface area (Å²) in [7, 11) is 0. The van der Waals surface area contributed by atoms with Crippen molar-refractivity contribution in [3.63, 3.8) is 0 Å². The van der Waals surface area contributed by atoms with Gasteiger partial charge in [-0.25, -0.2) is 0 Å². The van der Waals surface area contributed by atoms with E-state index in [4.69, 9.17) is 4.74 Å². The molecule has 1 fully saturated rings. The van der Waals surface area contributed by atoms with Crippen molar-refractivity contribution < 1.29 is 4.74 Å². The van der Waals surface area contributed by atoms with Crippen LogP contribution in [0.1, 0.15) is 87.0 Å². The normalized spacial score (nSPS) is 22.8. The van der Waals surface area contributed by atoms with Gasteiger partial charge in [0.2, 0.25) is 0 Å². The lowest BCUT2D eigenvalue weighted by Gasteiger charge is -2.49. The second-order valence-corrected chi connectivity index (χ2v) is 8.34. The summed E-state index contributed by atoms with van der Waals surface area (Å²) >= 11 is 0. The molecule has 0 aromatic rings. The number of hydrogen-bond donors (Lipinski definition) is 0. The van der Waals surface area contributed by atoms with Crippen molar-refractivity contribution in [2.24, 2.45) is 10.8 Å². The first kappa shape index (κ1) is 16.0. The molecule has 0 aromatic carbocycles. The predicted octanol–water partition coefficient (Wildman–Crippen LogP) is 5.58. The minimum atomic E-state index is -0.0207. The molecule has 1 heteroatoms. The Morgan fingerprint density at radius 1 is 0.944 bits per heavy atom. The van der Waals surface area contributed by atoms with Crippen molar-refractivity contribution in [2.75, 3.05) is 0 Å². The van der Waals surface area contributed by atoms with Gasteiger partial charge in [-0.3, -0.25) is 0 Å². The standard InChI is InChI=1S/C17H34O/c1-14(18-16(5,6)7)13-17(15(2,3)4)11-9-8-10-12-17/h14H,8-13H2,1-7H3. The SMILES string of the molecule is CC(CC1(C(C)(C)C)CCCCC1)OC(C)(C)C. The number of hydrogen-bond acceptors (Lipinski definition) is 1. The molecule has 1 saturated carbocycles. The Hall–Kier alpha value is -0.0400. The highest BCUT2D eigenvalue weighted by Gasteiger charge is 2.43. The molecule has 0 radical (unpaired) electrons. The van der Waals surface area contributed by atoms with E-state index in [1.807, 2.05) is 0 Å². The molecule has 1 rings (SSSR count). The summed E-state index contributed by atoms with van der Waals surface area (Å²) in [6.45, 7) is 16.0. The summed E-state index contributed by atoms with van der Waals surface area (Å²) < 4.78 is 6.16. The van der Waals surface area contributed by atoms with Crippen LogP contribution in [0.4, 0.5) is 0 Å². The molecular weight excluding hydrogens is 220 g/mol. The maximum absolute atomic E-state index is 6.16. The highest BCUT2D eigenvalue weighted by Crippen LogP contribution is 2.52.